The molecular weight excluding hydrogens is 303 g/mol. The van der Waals surface area contributed by atoms with Crippen molar-refractivity contribution in [3.05, 3.63) is 60.7 Å². The fourth-order valence-electron chi connectivity index (χ4n) is 2.64. The van der Waals surface area contributed by atoms with E-state index in [2.05, 4.69) is 6.92 Å². The van der Waals surface area contributed by atoms with Crippen LogP contribution in [0.5, 0.6) is 0 Å². The van der Waals surface area contributed by atoms with Crippen LogP contribution in [-0.4, -0.2) is 11.5 Å². The topological polar surface area (TPSA) is 29.5 Å². The zero-order valence-corrected chi connectivity index (χ0v) is 14.9. The maximum absolute atomic E-state index is 11.3. The normalized spacial score (nSPS) is 11.6. The molecule has 0 saturated carbocycles. The Morgan fingerprint density at radius 1 is 0.739 bits per heavy atom. The van der Waals surface area contributed by atoms with E-state index in [4.69, 9.17) is 4.52 Å². The average Bonchev–Trinajstić information content (AvgIpc) is 2.62. The molecule has 0 aliphatic rings. The van der Waals surface area contributed by atoms with Crippen LogP contribution in [0, 0.1) is 0 Å². The van der Waals surface area contributed by atoms with Crippen LogP contribution in [0.4, 0.5) is 0 Å². The van der Waals surface area contributed by atoms with Gasteiger partial charge in [-0.15, -0.1) is 0 Å². The van der Waals surface area contributed by atoms with Gasteiger partial charge in [-0.3, -0.25) is 0 Å². The van der Waals surface area contributed by atoms with Crippen molar-refractivity contribution in [2.24, 2.45) is 0 Å². The van der Waals surface area contributed by atoms with E-state index in [0.29, 0.717) is 6.61 Å². The number of rotatable bonds is 10. The third-order valence-corrected chi connectivity index (χ3v) is 6.54. The zero-order valence-electron chi connectivity index (χ0n) is 14.0. The van der Waals surface area contributed by atoms with Gasteiger partial charge in [0.2, 0.25) is 0 Å². The van der Waals surface area contributed by atoms with E-state index < -0.39 is 7.72 Å². The van der Waals surface area contributed by atoms with Crippen molar-refractivity contribution in [2.45, 2.75) is 45.4 Å². The first-order valence-electron chi connectivity index (χ1n) is 8.65. The Kier molecular flexibility index (Phi) is 7.74. The number of benzene rings is 2. The first-order valence-corrected chi connectivity index (χ1v) is 10.3. The summed E-state index contributed by atoms with van der Waals surface area (Å²) in [7, 11) is -2.74. The van der Waals surface area contributed by atoms with Crippen molar-refractivity contribution in [3.8, 4) is 0 Å². The molecule has 124 valence electrons. The fraction of sp³-hybridized carbons (Fsp3) is 0.400. The highest BCUT2D eigenvalue weighted by atomic mass is 31.2. The van der Waals surface area contributed by atoms with Crippen LogP contribution in [0.3, 0.4) is 0 Å². The Bertz CT molecular complexity index is 503. The van der Waals surface area contributed by atoms with Gasteiger partial charge in [0.05, 0.1) is 6.61 Å². The smallest absolute Gasteiger partial charge is 0.209 e. The van der Waals surface area contributed by atoms with E-state index >= 15 is 0 Å². The van der Waals surface area contributed by atoms with Gasteiger partial charge in [-0.2, -0.15) is 4.52 Å². The molecule has 0 radical (unpaired) electrons. The second-order valence-electron chi connectivity index (χ2n) is 5.85. The lowest BCUT2D eigenvalue weighted by Crippen LogP contribution is -2.24. The SMILES string of the molecule is CCCCCCCCO[P+](O)(c1ccccc1)c1ccccc1. The quantitative estimate of drug-likeness (QED) is 0.498. The van der Waals surface area contributed by atoms with E-state index in [1.807, 2.05) is 60.7 Å². The Morgan fingerprint density at radius 3 is 1.74 bits per heavy atom. The van der Waals surface area contributed by atoms with Crippen molar-refractivity contribution >= 4 is 18.3 Å². The van der Waals surface area contributed by atoms with Gasteiger partial charge in [0.25, 0.3) is 0 Å². The highest BCUT2D eigenvalue weighted by Crippen LogP contribution is 2.53. The van der Waals surface area contributed by atoms with Gasteiger partial charge in [-0.25, -0.2) is 4.89 Å². The van der Waals surface area contributed by atoms with Crippen LogP contribution in [0.25, 0.3) is 0 Å². The molecule has 0 aliphatic heterocycles. The lowest BCUT2D eigenvalue weighted by molar-refractivity contribution is 0.295. The van der Waals surface area contributed by atoms with Crippen LogP contribution in [0.15, 0.2) is 60.7 Å². The number of hydrogen-bond acceptors (Lipinski definition) is 2. The molecule has 0 unspecified atom stereocenters. The Hall–Kier alpha value is -1.21. The van der Waals surface area contributed by atoms with Gasteiger partial charge in [0, 0.05) is 0 Å². The zero-order chi connectivity index (χ0) is 16.4. The van der Waals surface area contributed by atoms with E-state index in [-0.39, 0.29) is 0 Å². The summed E-state index contributed by atoms with van der Waals surface area (Å²) in [5.74, 6) is 0. The first kappa shape index (κ1) is 18.1. The molecule has 2 nitrogen and oxygen atoms in total. The molecule has 0 aliphatic carbocycles. The molecule has 0 fully saturated rings. The molecule has 2 rings (SSSR count). The maximum atomic E-state index is 11.3. The third-order valence-electron chi connectivity index (χ3n) is 3.99. The van der Waals surface area contributed by atoms with Gasteiger partial charge in [-0.05, 0) is 30.7 Å². The number of unbranched alkanes of at least 4 members (excludes halogenated alkanes) is 5. The van der Waals surface area contributed by atoms with Crippen molar-refractivity contribution in [2.75, 3.05) is 6.61 Å². The lowest BCUT2D eigenvalue weighted by atomic mass is 10.1. The molecular formula is C20H28O2P+. The minimum Gasteiger partial charge on any atom is -0.209 e. The lowest BCUT2D eigenvalue weighted by Gasteiger charge is -2.18. The monoisotopic (exact) mass is 331 g/mol. The van der Waals surface area contributed by atoms with Crippen LogP contribution in [0.2, 0.25) is 0 Å². The van der Waals surface area contributed by atoms with Gasteiger partial charge in [-0.1, -0.05) is 75.4 Å². The van der Waals surface area contributed by atoms with Gasteiger partial charge in [0.15, 0.2) is 10.6 Å². The summed E-state index contributed by atoms with van der Waals surface area (Å²) in [6.07, 6.45) is 7.31. The predicted molar refractivity (Wildman–Crippen MR) is 101 cm³/mol. The van der Waals surface area contributed by atoms with Crippen molar-refractivity contribution in [1.82, 2.24) is 0 Å². The average molecular weight is 331 g/mol. The molecule has 23 heavy (non-hydrogen) atoms. The highest BCUT2D eigenvalue weighted by Gasteiger charge is 2.43. The summed E-state index contributed by atoms with van der Waals surface area (Å²) in [5.41, 5.74) is 0. The molecule has 2 aromatic rings. The van der Waals surface area contributed by atoms with Crippen molar-refractivity contribution < 1.29 is 9.42 Å². The van der Waals surface area contributed by atoms with Crippen molar-refractivity contribution in [1.29, 1.82) is 0 Å². The third kappa shape index (κ3) is 5.42. The van der Waals surface area contributed by atoms with E-state index in [9.17, 15) is 4.89 Å². The van der Waals surface area contributed by atoms with Gasteiger partial charge in [0.1, 0.15) is 0 Å². The summed E-state index contributed by atoms with van der Waals surface area (Å²) in [5, 5.41) is 1.77. The molecule has 0 saturated heterocycles. The first-order chi connectivity index (χ1) is 11.3. The Labute approximate surface area is 141 Å². The fourth-order valence-corrected chi connectivity index (χ4v) is 4.78. The van der Waals surface area contributed by atoms with Gasteiger partial charge < -0.3 is 0 Å². The predicted octanol–water partition coefficient (Wildman–Crippen LogP) is 4.85. The maximum Gasteiger partial charge on any atom is 0.336 e. The molecule has 0 atom stereocenters. The molecule has 0 amide bonds. The molecule has 0 spiro atoms. The standard InChI is InChI=1S/C20H28O2P/c1-2-3-4-5-6-13-18-22-23(21,19-14-9-7-10-15-19)20-16-11-8-12-17-20/h7-12,14-17,21H,2-6,13,18H2,1H3/q+1. The van der Waals surface area contributed by atoms with E-state index in [0.717, 1.165) is 17.0 Å². The van der Waals surface area contributed by atoms with Crippen LogP contribution in [-0.2, 0) is 4.52 Å². The molecule has 0 bridgehead atoms. The Morgan fingerprint density at radius 2 is 1.22 bits per heavy atom. The number of hydrogen-bond donors (Lipinski definition) is 1. The molecule has 1 N–H and O–H groups in total. The molecule has 0 aromatic heterocycles. The Balaban J connectivity index is 1.98. The highest BCUT2D eigenvalue weighted by molar-refractivity contribution is 7.80. The largest absolute Gasteiger partial charge is 0.336 e. The van der Waals surface area contributed by atoms with Crippen LogP contribution in [0.1, 0.15) is 45.4 Å². The summed E-state index contributed by atoms with van der Waals surface area (Å²) >= 11 is 0. The minimum atomic E-state index is -2.74. The van der Waals surface area contributed by atoms with Gasteiger partial charge >= 0.3 is 7.72 Å². The minimum absolute atomic E-state index is 0.611. The van der Waals surface area contributed by atoms with Crippen molar-refractivity contribution in [3.63, 3.8) is 0 Å². The summed E-state index contributed by atoms with van der Waals surface area (Å²) in [6.45, 7) is 2.84. The molecule has 2 aromatic carbocycles. The van der Waals surface area contributed by atoms with Crippen LogP contribution < -0.4 is 10.6 Å². The second kappa shape index (κ2) is 9.82. The summed E-state index contributed by atoms with van der Waals surface area (Å²) < 4.78 is 6.07. The van der Waals surface area contributed by atoms with E-state index in [1.54, 1.807) is 0 Å². The summed E-state index contributed by atoms with van der Waals surface area (Å²) in [4.78, 5) is 11.3. The second-order valence-corrected chi connectivity index (χ2v) is 8.29. The van der Waals surface area contributed by atoms with E-state index in [1.165, 1.54) is 32.1 Å². The molecule has 0 heterocycles. The molecule has 3 heteroatoms. The summed E-state index contributed by atoms with van der Waals surface area (Å²) in [6, 6.07) is 19.6. The van der Waals surface area contributed by atoms with Crippen LogP contribution >= 0.6 is 7.72 Å².